The Labute approximate surface area is 81.9 Å². The summed E-state index contributed by atoms with van der Waals surface area (Å²) in [7, 11) is 0. The van der Waals surface area contributed by atoms with E-state index in [1.165, 1.54) is 12.4 Å². The van der Waals surface area contributed by atoms with Crippen LogP contribution in [0.4, 0.5) is 5.69 Å². The summed E-state index contributed by atoms with van der Waals surface area (Å²) in [5.41, 5.74) is 1.89. The Hall–Kier alpha value is -1.35. The maximum Gasteiger partial charge on any atom is 0.0660 e. The van der Waals surface area contributed by atoms with Gasteiger partial charge in [0.1, 0.15) is 0 Å². The van der Waals surface area contributed by atoms with E-state index in [1.54, 1.807) is 6.07 Å². The standard InChI is InChI=1S/C9H10ClN3/c1-7-6-8(10)2-3-9(7)12-4-5-13-11/h2-6H,11H2,1H3/b12-4?,13-5-. The molecule has 1 rings (SSSR count). The zero-order chi connectivity index (χ0) is 9.68. The zero-order valence-corrected chi connectivity index (χ0v) is 7.99. The summed E-state index contributed by atoms with van der Waals surface area (Å²) in [5, 5.41) is 4.01. The first-order valence-electron chi connectivity index (χ1n) is 3.76. The topological polar surface area (TPSA) is 50.7 Å². The Bertz CT molecular complexity index is 345. The van der Waals surface area contributed by atoms with Crippen molar-refractivity contribution in [2.24, 2.45) is 15.9 Å². The zero-order valence-electron chi connectivity index (χ0n) is 7.24. The second kappa shape index (κ2) is 4.62. The number of hydrogen-bond acceptors (Lipinski definition) is 3. The number of halogens is 1. The number of hydrogen-bond donors (Lipinski definition) is 1. The molecule has 0 bridgehead atoms. The first-order chi connectivity index (χ1) is 6.24. The van der Waals surface area contributed by atoms with Crippen LogP contribution in [0.25, 0.3) is 0 Å². The van der Waals surface area contributed by atoms with Crippen LogP contribution in [-0.4, -0.2) is 12.4 Å². The Morgan fingerprint density at radius 2 is 2.15 bits per heavy atom. The van der Waals surface area contributed by atoms with Crippen LogP contribution in [0.5, 0.6) is 0 Å². The first-order valence-corrected chi connectivity index (χ1v) is 4.14. The van der Waals surface area contributed by atoms with Crippen LogP contribution in [0, 0.1) is 6.92 Å². The number of hydrazone groups is 1. The molecule has 0 radical (unpaired) electrons. The van der Waals surface area contributed by atoms with Crippen LogP contribution in [0.3, 0.4) is 0 Å². The Kier molecular flexibility index (Phi) is 3.46. The third-order valence-corrected chi connectivity index (χ3v) is 1.76. The van der Waals surface area contributed by atoms with E-state index in [4.69, 9.17) is 17.4 Å². The number of aryl methyl sites for hydroxylation is 1. The number of aliphatic imine (C=N–C) groups is 1. The van der Waals surface area contributed by atoms with E-state index in [-0.39, 0.29) is 0 Å². The lowest BCUT2D eigenvalue weighted by Crippen LogP contribution is -1.83. The van der Waals surface area contributed by atoms with E-state index in [0.717, 1.165) is 11.3 Å². The van der Waals surface area contributed by atoms with Crippen molar-refractivity contribution in [1.82, 2.24) is 0 Å². The molecule has 0 saturated heterocycles. The van der Waals surface area contributed by atoms with E-state index in [0.29, 0.717) is 5.02 Å². The molecule has 0 aromatic heterocycles. The summed E-state index contributed by atoms with van der Waals surface area (Å²) in [6.45, 7) is 1.94. The van der Waals surface area contributed by atoms with Gasteiger partial charge in [-0.3, -0.25) is 4.99 Å². The molecule has 2 N–H and O–H groups in total. The minimum Gasteiger partial charge on any atom is -0.323 e. The maximum absolute atomic E-state index is 5.78. The predicted molar refractivity (Wildman–Crippen MR) is 57.0 cm³/mol. The molecule has 1 aromatic rings. The fourth-order valence-corrected chi connectivity index (χ4v) is 1.14. The van der Waals surface area contributed by atoms with E-state index in [2.05, 4.69) is 10.1 Å². The van der Waals surface area contributed by atoms with Crippen molar-refractivity contribution in [3.63, 3.8) is 0 Å². The second-order valence-corrected chi connectivity index (χ2v) is 2.94. The highest BCUT2D eigenvalue weighted by Gasteiger charge is 1.94. The van der Waals surface area contributed by atoms with Crippen molar-refractivity contribution in [2.75, 3.05) is 0 Å². The second-order valence-electron chi connectivity index (χ2n) is 2.51. The molecule has 3 nitrogen and oxygen atoms in total. The third kappa shape index (κ3) is 2.87. The SMILES string of the molecule is Cc1cc(Cl)ccc1N=C/C=N\N. The van der Waals surface area contributed by atoms with Gasteiger partial charge in [-0.05, 0) is 30.7 Å². The van der Waals surface area contributed by atoms with Crippen molar-refractivity contribution in [3.05, 3.63) is 28.8 Å². The highest BCUT2D eigenvalue weighted by molar-refractivity contribution is 6.30. The largest absolute Gasteiger partial charge is 0.323 e. The van der Waals surface area contributed by atoms with E-state index in [1.807, 2.05) is 19.1 Å². The van der Waals surface area contributed by atoms with Crippen molar-refractivity contribution >= 4 is 29.7 Å². The monoisotopic (exact) mass is 195 g/mol. The summed E-state index contributed by atoms with van der Waals surface area (Å²) < 4.78 is 0. The Morgan fingerprint density at radius 1 is 1.38 bits per heavy atom. The van der Waals surface area contributed by atoms with Crippen molar-refractivity contribution in [3.8, 4) is 0 Å². The molecule has 13 heavy (non-hydrogen) atoms. The highest BCUT2D eigenvalue weighted by atomic mass is 35.5. The van der Waals surface area contributed by atoms with E-state index >= 15 is 0 Å². The summed E-state index contributed by atoms with van der Waals surface area (Å²) in [5.74, 6) is 4.91. The van der Waals surface area contributed by atoms with Crippen molar-refractivity contribution < 1.29 is 0 Å². The van der Waals surface area contributed by atoms with Gasteiger partial charge in [-0.2, -0.15) is 5.10 Å². The van der Waals surface area contributed by atoms with Crippen LogP contribution in [-0.2, 0) is 0 Å². The molecule has 0 atom stereocenters. The summed E-state index contributed by atoms with van der Waals surface area (Å²) in [4.78, 5) is 4.12. The van der Waals surface area contributed by atoms with Gasteiger partial charge in [-0.1, -0.05) is 11.6 Å². The third-order valence-electron chi connectivity index (χ3n) is 1.53. The molecule has 0 heterocycles. The molecule has 0 fully saturated rings. The molecule has 0 aliphatic heterocycles. The Morgan fingerprint density at radius 3 is 2.77 bits per heavy atom. The van der Waals surface area contributed by atoms with Gasteiger partial charge in [0.2, 0.25) is 0 Å². The van der Waals surface area contributed by atoms with Gasteiger partial charge in [0.25, 0.3) is 0 Å². The maximum atomic E-state index is 5.78. The molecule has 0 aliphatic carbocycles. The number of nitrogens with two attached hydrogens (primary N) is 1. The van der Waals surface area contributed by atoms with Crippen LogP contribution in [0.2, 0.25) is 5.02 Å². The van der Waals surface area contributed by atoms with Gasteiger partial charge in [0.05, 0.1) is 11.9 Å². The minimum atomic E-state index is 0.712. The molecule has 1 aromatic carbocycles. The van der Waals surface area contributed by atoms with Gasteiger partial charge in [-0.15, -0.1) is 0 Å². The molecule has 0 spiro atoms. The molecule has 4 heteroatoms. The smallest absolute Gasteiger partial charge is 0.0660 e. The molecule has 68 valence electrons. The van der Waals surface area contributed by atoms with Crippen molar-refractivity contribution in [1.29, 1.82) is 0 Å². The lowest BCUT2D eigenvalue weighted by Gasteiger charge is -1.98. The molecular formula is C9H10ClN3. The van der Waals surface area contributed by atoms with E-state index < -0.39 is 0 Å². The average Bonchev–Trinajstić information content (AvgIpc) is 2.09. The van der Waals surface area contributed by atoms with Gasteiger partial charge >= 0.3 is 0 Å². The number of benzene rings is 1. The van der Waals surface area contributed by atoms with Crippen LogP contribution in [0.1, 0.15) is 5.56 Å². The lowest BCUT2D eigenvalue weighted by molar-refractivity contribution is 1.27. The Balaban J connectivity index is 2.89. The first kappa shape index (κ1) is 9.74. The van der Waals surface area contributed by atoms with Gasteiger partial charge in [-0.25, -0.2) is 0 Å². The number of nitrogens with zero attached hydrogens (tertiary/aromatic N) is 2. The minimum absolute atomic E-state index is 0.712. The molecular weight excluding hydrogens is 186 g/mol. The van der Waals surface area contributed by atoms with Crippen LogP contribution < -0.4 is 5.84 Å². The molecule has 0 saturated carbocycles. The normalized spacial score (nSPS) is 11.5. The van der Waals surface area contributed by atoms with Gasteiger partial charge in [0, 0.05) is 11.2 Å². The highest BCUT2D eigenvalue weighted by Crippen LogP contribution is 2.21. The van der Waals surface area contributed by atoms with Gasteiger partial charge < -0.3 is 5.84 Å². The number of rotatable bonds is 2. The molecule has 0 amide bonds. The summed E-state index contributed by atoms with van der Waals surface area (Å²) in [6.07, 6.45) is 2.96. The molecule has 0 aliphatic rings. The van der Waals surface area contributed by atoms with Crippen LogP contribution in [0.15, 0.2) is 28.3 Å². The van der Waals surface area contributed by atoms with Crippen molar-refractivity contribution in [2.45, 2.75) is 6.92 Å². The van der Waals surface area contributed by atoms with Crippen LogP contribution >= 0.6 is 11.6 Å². The molecule has 0 unspecified atom stereocenters. The fourth-order valence-electron chi connectivity index (χ4n) is 0.916. The summed E-state index contributed by atoms with van der Waals surface area (Å²) >= 11 is 5.78. The average molecular weight is 196 g/mol. The predicted octanol–water partition coefficient (Wildman–Crippen LogP) is 2.30. The van der Waals surface area contributed by atoms with E-state index in [9.17, 15) is 0 Å². The summed E-state index contributed by atoms with van der Waals surface area (Å²) in [6, 6.07) is 5.49. The quantitative estimate of drug-likeness (QED) is 0.440. The van der Waals surface area contributed by atoms with Gasteiger partial charge in [0.15, 0.2) is 0 Å². The fraction of sp³-hybridized carbons (Fsp3) is 0.111. The lowest BCUT2D eigenvalue weighted by atomic mass is 10.2.